The van der Waals surface area contributed by atoms with Crippen LogP contribution in [0.4, 0.5) is 0 Å². The fourth-order valence-electron chi connectivity index (χ4n) is 3.30. The van der Waals surface area contributed by atoms with E-state index >= 15 is 0 Å². The molecule has 0 saturated heterocycles. The number of aryl methyl sites for hydroxylation is 1. The Labute approximate surface area is 167 Å². The molecule has 1 heterocycles. The van der Waals surface area contributed by atoms with Crippen molar-refractivity contribution in [3.05, 3.63) is 59.2 Å². The van der Waals surface area contributed by atoms with Crippen LogP contribution in [0.3, 0.4) is 0 Å². The van der Waals surface area contributed by atoms with Gasteiger partial charge in [-0.05, 0) is 41.7 Å². The molecule has 0 bridgehead atoms. The van der Waals surface area contributed by atoms with E-state index in [0.29, 0.717) is 32.2 Å². The fraction of sp³-hybridized carbons (Fsp3) is 0.478. The molecule has 0 radical (unpaired) electrons. The molecule has 0 fully saturated rings. The van der Waals surface area contributed by atoms with Crippen LogP contribution in [0.1, 0.15) is 30.5 Å². The van der Waals surface area contributed by atoms with Crippen LogP contribution >= 0.6 is 0 Å². The monoisotopic (exact) mass is 385 g/mol. The van der Waals surface area contributed by atoms with Crippen molar-refractivity contribution in [2.45, 2.75) is 40.0 Å². The van der Waals surface area contributed by atoms with Gasteiger partial charge in [0.15, 0.2) is 11.5 Å². The summed E-state index contributed by atoms with van der Waals surface area (Å²) in [5.41, 5.74) is 3.65. The number of ether oxygens (including phenoxy) is 3. The molecular formula is C23H31NO4. The van der Waals surface area contributed by atoms with E-state index in [0.717, 1.165) is 23.6 Å². The predicted octanol–water partition coefficient (Wildman–Crippen LogP) is 3.76. The molecule has 0 aromatic heterocycles. The van der Waals surface area contributed by atoms with Crippen LogP contribution < -0.4 is 9.47 Å². The fourth-order valence-corrected chi connectivity index (χ4v) is 3.30. The Morgan fingerprint density at radius 2 is 1.82 bits per heavy atom. The van der Waals surface area contributed by atoms with Crippen molar-refractivity contribution in [2.75, 3.05) is 26.6 Å². The smallest absolute Gasteiger partial charge is 0.231 e. The molecule has 0 amide bonds. The summed E-state index contributed by atoms with van der Waals surface area (Å²) in [6, 6.07) is 14.4. The number of aliphatic hydroxyl groups is 1. The highest BCUT2D eigenvalue weighted by molar-refractivity contribution is 5.44. The molecule has 28 heavy (non-hydrogen) atoms. The van der Waals surface area contributed by atoms with Crippen molar-refractivity contribution >= 4 is 0 Å². The quantitative estimate of drug-likeness (QED) is 0.675. The average molecular weight is 386 g/mol. The van der Waals surface area contributed by atoms with Crippen LogP contribution in [0.2, 0.25) is 0 Å². The van der Waals surface area contributed by atoms with Crippen molar-refractivity contribution < 1.29 is 19.3 Å². The first-order valence-corrected chi connectivity index (χ1v) is 9.92. The lowest BCUT2D eigenvalue weighted by Gasteiger charge is -2.26. The van der Waals surface area contributed by atoms with Crippen molar-refractivity contribution in [1.82, 2.24) is 4.90 Å². The zero-order valence-corrected chi connectivity index (χ0v) is 17.1. The lowest BCUT2D eigenvalue weighted by Crippen LogP contribution is -2.34. The van der Waals surface area contributed by atoms with Gasteiger partial charge in [0.05, 0.1) is 12.7 Å². The number of fused-ring (bicyclic) bond motifs is 1. The molecular weight excluding hydrogens is 354 g/mol. The molecule has 1 N–H and O–H groups in total. The predicted molar refractivity (Wildman–Crippen MR) is 110 cm³/mol. The topological polar surface area (TPSA) is 51.2 Å². The molecule has 3 rings (SSSR count). The average Bonchev–Trinajstić information content (AvgIpc) is 3.11. The maximum Gasteiger partial charge on any atom is 0.231 e. The summed E-state index contributed by atoms with van der Waals surface area (Å²) in [5.74, 6) is 2.04. The number of hydrogen-bond acceptors (Lipinski definition) is 5. The maximum atomic E-state index is 10.5. The standard InChI is InChI=1S/C23H31NO4/c1-17(2)14-26-15-21(25)13-24(12-20-7-5-4-6-18(20)3)11-19-8-9-22-23(10-19)28-16-27-22/h4-10,17,21,25H,11-16H2,1-3H3/t21-/m0/s1. The summed E-state index contributed by atoms with van der Waals surface area (Å²) in [5, 5.41) is 10.5. The van der Waals surface area contributed by atoms with Gasteiger partial charge in [0, 0.05) is 26.2 Å². The van der Waals surface area contributed by atoms with Crippen molar-refractivity contribution in [2.24, 2.45) is 5.92 Å². The highest BCUT2D eigenvalue weighted by atomic mass is 16.7. The second kappa shape index (κ2) is 9.92. The van der Waals surface area contributed by atoms with Gasteiger partial charge in [0.25, 0.3) is 0 Å². The molecule has 2 aromatic rings. The number of aliphatic hydroxyl groups excluding tert-OH is 1. The molecule has 2 aromatic carbocycles. The summed E-state index contributed by atoms with van der Waals surface area (Å²) in [6.07, 6.45) is -0.531. The number of hydrogen-bond donors (Lipinski definition) is 1. The summed E-state index contributed by atoms with van der Waals surface area (Å²) < 4.78 is 16.5. The highest BCUT2D eigenvalue weighted by Crippen LogP contribution is 2.33. The molecule has 0 spiro atoms. The minimum atomic E-state index is -0.531. The molecule has 152 valence electrons. The van der Waals surface area contributed by atoms with Crippen molar-refractivity contribution in [3.63, 3.8) is 0 Å². The van der Waals surface area contributed by atoms with Gasteiger partial charge in [0.2, 0.25) is 6.79 Å². The first kappa shape index (κ1) is 20.6. The van der Waals surface area contributed by atoms with Crippen LogP contribution in [0.25, 0.3) is 0 Å². The molecule has 1 aliphatic rings. The molecule has 5 nitrogen and oxygen atoms in total. The zero-order chi connectivity index (χ0) is 19.9. The SMILES string of the molecule is Cc1ccccc1CN(Cc1ccc2c(c1)OCO2)C[C@H](O)COCC(C)C. The van der Waals surface area contributed by atoms with Gasteiger partial charge < -0.3 is 19.3 Å². The van der Waals surface area contributed by atoms with E-state index < -0.39 is 6.10 Å². The van der Waals surface area contributed by atoms with Gasteiger partial charge in [-0.15, -0.1) is 0 Å². The van der Waals surface area contributed by atoms with Gasteiger partial charge in [0.1, 0.15) is 0 Å². The Balaban J connectivity index is 1.67. The van der Waals surface area contributed by atoms with Crippen LogP contribution in [0.15, 0.2) is 42.5 Å². The second-order valence-corrected chi connectivity index (χ2v) is 7.87. The molecule has 1 atom stereocenters. The lowest BCUT2D eigenvalue weighted by molar-refractivity contribution is 0.00551. The van der Waals surface area contributed by atoms with Gasteiger partial charge >= 0.3 is 0 Å². The van der Waals surface area contributed by atoms with E-state index in [2.05, 4.69) is 56.0 Å². The Kier molecular flexibility index (Phi) is 7.31. The third kappa shape index (κ3) is 5.96. The molecule has 1 aliphatic heterocycles. The molecule has 0 unspecified atom stereocenters. The third-order valence-electron chi connectivity index (χ3n) is 4.73. The van der Waals surface area contributed by atoms with Crippen LogP contribution in [0.5, 0.6) is 11.5 Å². The molecule has 0 saturated carbocycles. The van der Waals surface area contributed by atoms with E-state index in [4.69, 9.17) is 14.2 Å². The van der Waals surface area contributed by atoms with Crippen LogP contribution in [-0.4, -0.2) is 42.7 Å². The Morgan fingerprint density at radius 1 is 1.04 bits per heavy atom. The summed E-state index contributed by atoms with van der Waals surface area (Å²) >= 11 is 0. The van der Waals surface area contributed by atoms with Gasteiger partial charge in [-0.3, -0.25) is 4.90 Å². The Hall–Kier alpha value is -2.08. The zero-order valence-electron chi connectivity index (χ0n) is 17.1. The lowest BCUT2D eigenvalue weighted by atomic mass is 10.1. The minimum absolute atomic E-state index is 0.275. The van der Waals surface area contributed by atoms with E-state index in [9.17, 15) is 5.11 Å². The van der Waals surface area contributed by atoms with E-state index in [-0.39, 0.29) is 6.79 Å². The van der Waals surface area contributed by atoms with Gasteiger partial charge in [-0.1, -0.05) is 44.2 Å². The third-order valence-corrected chi connectivity index (χ3v) is 4.73. The summed E-state index contributed by atoms with van der Waals surface area (Å²) in [4.78, 5) is 2.25. The van der Waals surface area contributed by atoms with Crippen LogP contribution in [0, 0.1) is 12.8 Å². The highest BCUT2D eigenvalue weighted by Gasteiger charge is 2.17. The number of rotatable bonds is 10. The first-order valence-electron chi connectivity index (χ1n) is 9.92. The summed E-state index contributed by atoms with van der Waals surface area (Å²) in [7, 11) is 0. The largest absolute Gasteiger partial charge is 0.454 e. The Bertz CT molecular complexity index is 762. The van der Waals surface area contributed by atoms with Gasteiger partial charge in [-0.2, -0.15) is 0 Å². The second-order valence-electron chi connectivity index (χ2n) is 7.87. The maximum absolute atomic E-state index is 10.5. The summed E-state index contributed by atoms with van der Waals surface area (Å²) in [6.45, 7) is 9.65. The molecule has 0 aliphatic carbocycles. The van der Waals surface area contributed by atoms with E-state index in [1.807, 2.05) is 12.1 Å². The Morgan fingerprint density at radius 3 is 2.61 bits per heavy atom. The van der Waals surface area contributed by atoms with E-state index in [1.54, 1.807) is 0 Å². The van der Waals surface area contributed by atoms with Crippen molar-refractivity contribution in [3.8, 4) is 11.5 Å². The minimum Gasteiger partial charge on any atom is -0.454 e. The van der Waals surface area contributed by atoms with Crippen molar-refractivity contribution in [1.29, 1.82) is 0 Å². The van der Waals surface area contributed by atoms with Gasteiger partial charge in [-0.25, -0.2) is 0 Å². The normalized spacial score (nSPS) is 14.1. The number of benzene rings is 2. The van der Waals surface area contributed by atoms with Crippen LogP contribution in [-0.2, 0) is 17.8 Å². The molecule has 5 heteroatoms. The van der Waals surface area contributed by atoms with E-state index in [1.165, 1.54) is 11.1 Å². The number of nitrogens with zero attached hydrogens (tertiary/aromatic N) is 1. The first-order chi connectivity index (χ1) is 13.5.